The van der Waals surface area contributed by atoms with E-state index in [1.807, 2.05) is 32.0 Å². The van der Waals surface area contributed by atoms with Gasteiger partial charge in [0.25, 0.3) is 0 Å². The van der Waals surface area contributed by atoms with Crippen molar-refractivity contribution >= 4 is 45.1 Å². The van der Waals surface area contributed by atoms with Crippen LogP contribution in [0.25, 0.3) is 10.2 Å². The molecular weight excluding hydrogens is 406 g/mol. The van der Waals surface area contributed by atoms with E-state index in [0.29, 0.717) is 28.9 Å². The molecule has 29 heavy (non-hydrogen) atoms. The minimum Gasteiger partial charge on any atom is -0.462 e. The lowest BCUT2D eigenvalue weighted by molar-refractivity contribution is 0.0531. The van der Waals surface area contributed by atoms with Crippen LogP contribution in [0.15, 0.2) is 35.2 Å². The van der Waals surface area contributed by atoms with E-state index in [2.05, 4.69) is 17.4 Å². The molecule has 1 unspecified atom stereocenters. The summed E-state index contributed by atoms with van der Waals surface area (Å²) in [6.07, 6.45) is 0.754. The zero-order valence-corrected chi connectivity index (χ0v) is 18.4. The highest BCUT2D eigenvalue weighted by molar-refractivity contribution is 7.98. The zero-order valence-electron chi connectivity index (χ0n) is 16.8. The van der Waals surface area contributed by atoms with Gasteiger partial charge in [-0.25, -0.2) is 14.8 Å². The number of benzene rings is 1. The SMILES string of the molecule is CCOC(=O)c1sc2nc(CSc3ccccc3)nc(NC(CC)CO)c2c1C. The molecule has 3 rings (SSSR count). The monoisotopic (exact) mass is 431 g/mol. The van der Waals surface area contributed by atoms with Crippen LogP contribution in [-0.2, 0) is 10.5 Å². The molecular formula is C21H25N3O3S2. The van der Waals surface area contributed by atoms with Crippen molar-refractivity contribution in [1.29, 1.82) is 0 Å². The third kappa shape index (κ3) is 5.07. The summed E-state index contributed by atoms with van der Waals surface area (Å²) < 4.78 is 5.20. The number of carbonyl (C=O) groups is 1. The van der Waals surface area contributed by atoms with Crippen LogP contribution in [0.4, 0.5) is 5.82 Å². The van der Waals surface area contributed by atoms with Crippen molar-refractivity contribution in [3.05, 3.63) is 46.6 Å². The summed E-state index contributed by atoms with van der Waals surface area (Å²) in [6.45, 7) is 6.01. The molecule has 0 fully saturated rings. The standard InChI is InChI=1S/C21H25N3O3S2/c1-4-14(11-25)22-19-17-13(3)18(21(26)27-5-2)29-20(17)24-16(23-19)12-28-15-9-7-6-8-10-15/h6-10,14,25H,4-5,11-12H2,1-3H3,(H,22,23,24). The second kappa shape index (κ2) is 10.0. The third-order valence-corrected chi connectivity index (χ3v) is 6.64. The number of thiophene rings is 1. The molecule has 3 aromatic rings. The number of esters is 1. The molecule has 0 saturated heterocycles. The Hall–Kier alpha value is -2.16. The van der Waals surface area contributed by atoms with Gasteiger partial charge >= 0.3 is 5.97 Å². The number of aromatic nitrogens is 2. The lowest BCUT2D eigenvalue weighted by Gasteiger charge is -2.16. The second-order valence-corrected chi connectivity index (χ2v) is 8.53. The Labute approximate surface area is 178 Å². The van der Waals surface area contributed by atoms with Crippen LogP contribution in [0.1, 0.15) is 41.3 Å². The van der Waals surface area contributed by atoms with E-state index < -0.39 is 0 Å². The summed E-state index contributed by atoms with van der Waals surface area (Å²) in [6, 6.07) is 9.97. The van der Waals surface area contributed by atoms with Crippen LogP contribution in [0.2, 0.25) is 0 Å². The first-order valence-electron chi connectivity index (χ1n) is 9.59. The number of aliphatic hydroxyl groups excluding tert-OH is 1. The molecule has 0 saturated carbocycles. The quantitative estimate of drug-likeness (QED) is 0.377. The predicted octanol–water partition coefficient (Wildman–Crippen LogP) is 4.65. The van der Waals surface area contributed by atoms with E-state index in [4.69, 9.17) is 14.7 Å². The maximum atomic E-state index is 12.4. The fraction of sp³-hybridized carbons (Fsp3) is 0.381. The molecule has 0 aliphatic heterocycles. The van der Waals surface area contributed by atoms with Crippen molar-refractivity contribution in [2.24, 2.45) is 0 Å². The van der Waals surface area contributed by atoms with E-state index in [0.717, 1.165) is 27.1 Å². The number of aryl methyl sites for hydroxylation is 1. The van der Waals surface area contributed by atoms with Gasteiger partial charge in [-0.15, -0.1) is 23.1 Å². The molecule has 6 nitrogen and oxygen atoms in total. The third-order valence-electron chi connectivity index (χ3n) is 4.46. The van der Waals surface area contributed by atoms with Crippen molar-refractivity contribution in [1.82, 2.24) is 9.97 Å². The van der Waals surface area contributed by atoms with Crippen molar-refractivity contribution < 1.29 is 14.6 Å². The molecule has 0 amide bonds. The van der Waals surface area contributed by atoms with Crippen molar-refractivity contribution in [2.45, 2.75) is 43.9 Å². The van der Waals surface area contributed by atoms with Gasteiger partial charge in [0, 0.05) is 4.90 Å². The minimum absolute atomic E-state index is 0.00398. The van der Waals surface area contributed by atoms with Gasteiger partial charge in [0.15, 0.2) is 0 Å². The van der Waals surface area contributed by atoms with Crippen LogP contribution in [0.3, 0.4) is 0 Å². The maximum absolute atomic E-state index is 12.4. The van der Waals surface area contributed by atoms with Crippen molar-refractivity contribution in [3.8, 4) is 0 Å². The van der Waals surface area contributed by atoms with Gasteiger partial charge in [0.1, 0.15) is 21.3 Å². The molecule has 1 aromatic carbocycles. The van der Waals surface area contributed by atoms with Gasteiger partial charge in [0.2, 0.25) is 0 Å². The number of hydrogen-bond donors (Lipinski definition) is 2. The fourth-order valence-electron chi connectivity index (χ4n) is 2.88. The molecule has 154 valence electrons. The Morgan fingerprint density at radius 3 is 2.69 bits per heavy atom. The first-order valence-corrected chi connectivity index (χ1v) is 11.4. The zero-order chi connectivity index (χ0) is 20.8. The molecule has 0 aliphatic carbocycles. The maximum Gasteiger partial charge on any atom is 0.348 e. The Morgan fingerprint density at radius 1 is 1.28 bits per heavy atom. The number of hydrogen-bond acceptors (Lipinski definition) is 8. The Balaban J connectivity index is 2.00. The first kappa shape index (κ1) is 21.5. The summed E-state index contributed by atoms with van der Waals surface area (Å²) in [7, 11) is 0. The van der Waals surface area contributed by atoms with E-state index in [-0.39, 0.29) is 18.6 Å². The van der Waals surface area contributed by atoms with Crippen molar-refractivity contribution in [2.75, 3.05) is 18.5 Å². The Kier molecular flexibility index (Phi) is 7.46. The molecule has 1 atom stereocenters. The molecule has 0 spiro atoms. The largest absolute Gasteiger partial charge is 0.462 e. The van der Waals surface area contributed by atoms with E-state index >= 15 is 0 Å². The van der Waals surface area contributed by atoms with E-state index in [9.17, 15) is 9.90 Å². The highest BCUT2D eigenvalue weighted by Crippen LogP contribution is 2.35. The number of ether oxygens (including phenoxy) is 1. The number of anilines is 1. The normalized spacial score (nSPS) is 12.1. The number of aliphatic hydroxyl groups is 1. The van der Waals surface area contributed by atoms with Gasteiger partial charge in [-0.1, -0.05) is 25.1 Å². The Morgan fingerprint density at radius 2 is 2.03 bits per heavy atom. The number of thioether (sulfide) groups is 1. The average Bonchev–Trinajstić information content (AvgIpc) is 3.08. The van der Waals surface area contributed by atoms with Crippen LogP contribution < -0.4 is 5.32 Å². The minimum atomic E-state index is -0.339. The van der Waals surface area contributed by atoms with Gasteiger partial charge in [-0.2, -0.15) is 0 Å². The van der Waals surface area contributed by atoms with Gasteiger partial charge < -0.3 is 15.2 Å². The number of rotatable bonds is 9. The molecule has 0 bridgehead atoms. The van der Waals surface area contributed by atoms with Crippen LogP contribution in [0.5, 0.6) is 0 Å². The van der Waals surface area contributed by atoms with Gasteiger partial charge in [-0.3, -0.25) is 0 Å². The highest BCUT2D eigenvalue weighted by atomic mass is 32.2. The molecule has 2 aromatic heterocycles. The van der Waals surface area contributed by atoms with Crippen LogP contribution >= 0.6 is 23.1 Å². The van der Waals surface area contributed by atoms with Crippen LogP contribution in [-0.4, -0.2) is 40.3 Å². The van der Waals surface area contributed by atoms with Gasteiger partial charge in [-0.05, 0) is 38.0 Å². The second-order valence-electron chi connectivity index (χ2n) is 6.48. The summed E-state index contributed by atoms with van der Waals surface area (Å²) in [5, 5.41) is 13.8. The summed E-state index contributed by atoms with van der Waals surface area (Å²) in [5.74, 6) is 1.60. The molecule has 2 heterocycles. The topological polar surface area (TPSA) is 84.3 Å². The average molecular weight is 432 g/mol. The Bertz CT molecular complexity index is 972. The summed E-state index contributed by atoms with van der Waals surface area (Å²) in [5.41, 5.74) is 0.806. The number of carbonyl (C=O) groups excluding carboxylic acids is 1. The molecule has 2 N–H and O–H groups in total. The van der Waals surface area contributed by atoms with Crippen molar-refractivity contribution in [3.63, 3.8) is 0 Å². The highest BCUT2D eigenvalue weighted by Gasteiger charge is 2.22. The smallest absolute Gasteiger partial charge is 0.348 e. The van der Waals surface area contributed by atoms with Gasteiger partial charge in [0.05, 0.1) is 30.4 Å². The molecule has 0 radical (unpaired) electrons. The number of nitrogens with one attached hydrogen (secondary N) is 1. The first-order chi connectivity index (χ1) is 14.1. The molecule has 0 aliphatic rings. The molecule has 8 heteroatoms. The fourth-order valence-corrected chi connectivity index (χ4v) is 4.75. The number of nitrogens with zero attached hydrogens (tertiary/aromatic N) is 2. The predicted molar refractivity (Wildman–Crippen MR) is 119 cm³/mol. The summed E-state index contributed by atoms with van der Waals surface area (Å²) >= 11 is 2.98. The van der Waals surface area contributed by atoms with Crippen LogP contribution in [0, 0.1) is 6.92 Å². The lowest BCUT2D eigenvalue weighted by atomic mass is 10.1. The van der Waals surface area contributed by atoms with E-state index in [1.165, 1.54) is 11.3 Å². The lowest BCUT2D eigenvalue weighted by Crippen LogP contribution is -2.23. The van der Waals surface area contributed by atoms with E-state index in [1.54, 1.807) is 18.7 Å². The number of fused-ring (bicyclic) bond motifs is 1. The summed E-state index contributed by atoms with van der Waals surface area (Å²) in [4.78, 5) is 24.2.